The molecule has 5 rings (SSSR count). The van der Waals surface area contributed by atoms with Crippen LogP contribution in [-0.2, 0) is 16.6 Å². The number of anilines is 1. The van der Waals surface area contributed by atoms with Crippen molar-refractivity contribution in [3.05, 3.63) is 28.5 Å². The molecule has 30 heavy (non-hydrogen) atoms. The summed E-state index contributed by atoms with van der Waals surface area (Å²) in [5.41, 5.74) is 3.00. The molecule has 2 aliphatic heterocycles. The van der Waals surface area contributed by atoms with Gasteiger partial charge in [0.05, 0.1) is 31.1 Å². The number of fused-ring (bicyclic) bond motifs is 2. The second-order valence-electron chi connectivity index (χ2n) is 8.57. The maximum atomic E-state index is 12.8. The van der Waals surface area contributed by atoms with Crippen molar-refractivity contribution in [2.45, 2.75) is 57.1 Å². The highest BCUT2D eigenvalue weighted by molar-refractivity contribution is 5.93. The van der Waals surface area contributed by atoms with Crippen LogP contribution < -0.4 is 5.32 Å². The molecule has 0 saturated carbocycles. The molecule has 1 aliphatic carbocycles. The quantitative estimate of drug-likeness (QED) is 0.748. The lowest BCUT2D eigenvalue weighted by Gasteiger charge is -2.39. The molecule has 2 fully saturated rings. The maximum Gasteiger partial charge on any atom is 0.278 e. The third kappa shape index (κ3) is 3.14. The molecular weight excluding hydrogens is 388 g/mol. The smallest absolute Gasteiger partial charge is 0.278 e. The van der Waals surface area contributed by atoms with Gasteiger partial charge in [-0.25, -0.2) is 14.6 Å². The number of hydrogen-bond acceptors (Lipinski definition) is 9. The Morgan fingerprint density at radius 2 is 1.97 bits per heavy atom. The third-order valence-electron chi connectivity index (χ3n) is 6.71. The summed E-state index contributed by atoms with van der Waals surface area (Å²) in [5, 5.41) is 21.0. The van der Waals surface area contributed by atoms with Crippen LogP contribution in [0.1, 0.15) is 52.5 Å². The molecule has 0 unspecified atom stereocenters. The molecule has 2 saturated heterocycles. The van der Waals surface area contributed by atoms with E-state index in [0.717, 1.165) is 42.8 Å². The molecule has 160 valence electrons. The van der Waals surface area contributed by atoms with Gasteiger partial charge in [-0.15, -0.1) is 0 Å². The highest BCUT2D eigenvalue weighted by Gasteiger charge is 2.45. The first-order valence-electron chi connectivity index (χ1n) is 10.5. The number of carbonyl (C=O) groups excluding carboxylic acids is 1. The number of aromatic nitrogens is 4. The minimum atomic E-state index is -0.532. The van der Waals surface area contributed by atoms with Crippen LogP contribution >= 0.6 is 0 Å². The number of amides is 1. The van der Waals surface area contributed by atoms with Crippen LogP contribution in [0.25, 0.3) is 0 Å². The average molecular weight is 414 g/mol. The maximum absolute atomic E-state index is 12.8. The first-order chi connectivity index (χ1) is 14.5. The van der Waals surface area contributed by atoms with Crippen molar-refractivity contribution in [2.24, 2.45) is 0 Å². The normalized spacial score (nSPS) is 25.0. The molecular formula is C20H26N6O4. The minimum Gasteiger partial charge on any atom is -0.388 e. The molecule has 2 N–H and O–H groups in total. The van der Waals surface area contributed by atoms with Gasteiger partial charge in [0, 0.05) is 24.1 Å². The molecule has 4 heterocycles. The molecule has 2 atom stereocenters. The van der Waals surface area contributed by atoms with Crippen molar-refractivity contribution < 1.29 is 19.3 Å². The standard InChI is InChI=1S/C20H26N6O4/c1-11-16(25-30-24-11)19(28)26-7-5-20(6-8-26)4-3-13-17(20)21-12(2)22-18(13)23-14-9-29-10-15(14)27/h14-15,27H,3-10H2,1-2H3,(H,21,22,23)/t14-,15-/m0/s1. The lowest BCUT2D eigenvalue weighted by molar-refractivity contribution is 0.0652. The minimum absolute atomic E-state index is 0.0435. The number of likely N-dealkylation sites (tertiary alicyclic amines) is 1. The van der Waals surface area contributed by atoms with Crippen LogP contribution in [0.15, 0.2) is 4.63 Å². The summed E-state index contributed by atoms with van der Waals surface area (Å²) >= 11 is 0. The molecule has 3 aliphatic rings. The largest absolute Gasteiger partial charge is 0.388 e. The number of nitrogens with zero attached hydrogens (tertiary/aromatic N) is 5. The van der Waals surface area contributed by atoms with E-state index in [9.17, 15) is 9.90 Å². The summed E-state index contributed by atoms with van der Waals surface area (Å²) in [6.07, 6.45) is 3.05. The van der Waals surface area contributed by atoms with Gasteiger partial charge in [0.1, 0.15) is 17.3 Å². The molecule has 1 spiro atoms. The fraction of sp³-hybridized carbons (Fsp3) is 0.650. The van der Waals surface area contributed by atoms with E-state index in [-0.39, 0.29) is 17.4 Å². The van der Waals surface area contributed by atoms with Gasteiger partial charge < -0.3 is 20.1 Å². The predicted octanol–water partition coefficient (Wildman–Crippen LogP) is 0.768. The number of rotatable bonds is 3. The summed E-state index contributed by atoms with van der Waals surface area (Å²) in [4.78, 5) is 24.0. The van der Waals surface area contributed by atoms with E-state index in [0.29, 0.717) is 43.5 Å². The highest BCUT2D eigenvalue weighted by atomic mass is 16.6. The van der Waals surface area contributed by atoms with Crippen LogP contribution in [-0.4, -0.2) is 74.6 Å². The predicted molar refractivity (Wildman–Crippen MR) is 105 cm³/mol. The Morgan fingerprint density at radius 1 is 1.17 bits per heavy atom. The van der Waals surface area contributed by atoms with E-state index >= 15 is 0 Å². The van der Waals surface area contributed by atoms with Gasteiger partial charge in [-0.2, -0.15) is 0 Å². The lowest BCUT2D eigenvalue weighted by Crippen LogP contribution is -2.45. The number of piperidine rings is 1. The van der Waals surface area contributed by atoms with Gasteiger partial charge in [0.2, 0.25) is 0 Å². The topological polar surface area (TPSA) is 127 Å². The van der Waals surface area contributed by atoms with E-state index in [1.165, 1.54) is 0 Å². The number of nitrogens with one attached hydrogen (secondary N) is 1. The van der Waals surface area contributed by atoms with Crippen molar-refractivity contribution in [2.75, 3.05) is 31.6 Å². The van der Waals surface area contributed by atoms with Gasteiger partial charge in [-0.3, -0.25) is 4.79 Å². The number of aliphatic hydroxyl groups excluding tert-OH is 1. The summed E-state index contributed by atoms with van der Waals surface area (Å²) < 4.78 is 10.1. The molecule has 10 heteroatoms. The number of aliphatic hydroxyl groups is 1. The zero-order valence-electron chi connectivity index (χ0n) is 17.2. The van der Waals surface area contributed by atoms with E-state index in [1.54, 1.807) is 6.92 Å². The SMILES string of the molecule is Cc1nc(N[C@H]2COC[C@@H]2O)c2c(n1)C1(CC2)CCN(C(=O)c2nonc2C)CC1. The number of aryl methyl sites for hydroxylation is 2. The van der Waals surface area contributed by atoms with Gasteiger partial charge in [0.15, 0.2) is 5.69 Å². The van der Waals surface area contributed by atoms with Crippen LogP contribution in [0.4, 0.5) is 5.82 Å². The summed E-state index contributed by atoms with van der Waals surface area (Å²) in [7, 11) is 0. The second kappa shape index (κ2) is 7.28. The molecule has 2 aromatic heterocycles. The Morgan fingerprint density at radius 3 is 2.63 bits per heavy atom. The average Bonchev–Trinajstić information content (AvgIpc) is 3.43. The Labute approximate surface area is 174 Å². The first kappa shape index (κ1) is 19.4. The fourth-order valence-corrected chi connectivity index (χ4v) is 4.93. The van der Waals surface area contributed by atoms with E-state index in [2.05, 4.69) is 25.2 Å². The highest BCUT2D eigenvalue weighted by Crippen LogP contribution is 2.47. The molecule has 0 aromatic carbocycles. The van der Waals surface area contributed by atoms with Gasteiger partial charge in [-0.05, 0) is 44.7 Å². The zero-order chi connectivity index (χ0) is 20.9. The molecule has 2 aromatic rings. The number of carbonyl (C=O) groups is 1. The summed E-state index contributed by atoms with van der Waals surface area (Å²) in [6.45, 7) is 5.73. The van der Waals surface area contributed by atoms with Gasteiger partial charge in [0.25, 0.3) is 5.91 Å². The molecule has 1 amide bonds. The van der Waals surface area contributed by atoms with Crippen LogP contribution in [0.2, 0.25) is 0 Å². The monoisotopic (exact) mass is 414 g/mol. The second-order valence-corrected chi connectivity index (χ2v) is 8.57. The first-order valence-corrected chi connectivity index (χ1v) is 10.5. The van der Waals surface area contributed by atoms with E-state index in [1.807, 2.05) is 11.8 Å². The van der Waals surface area contributed by atoms with E-state index < -0.39 is 6.10 Å². The summed E-state index contributed by atoms with van der Waals surface area (Å²) in [5.74, 6) is 1.40. The Hall–Kier alpha value is -2.59. The molecule has 10 nitrogen and oxygen atoms in total. The molecule has 0 radical (unpaired) electrons. The lowest BCUT2D eigenvalue weighted by atomic mass is 9.76. The fourth-order valence-electron chi connectivity index (χ4n) is 4.93. The van der Waals surface area contributed by atoms with Crippen molar-refractivity contribution in [1.29, 1.82) is 0 Å². The van der Waals surface area contributed by atoms with E-state index in [4.69, 9.17) is 9.72 Å². The van der Waals surface area contributed by atoms with Crippen LogP contribution in [0, 0.1) is 13.8 Å². The third-order valence-corrected chi connectivity index (χ3v) is 6.71. The zero-order valence-corrected chi connectivity index (χ0v) is 17.2. The Kier molecular flexibility index (Phi) is 4.70. The van der Waals surface area contributed by atoms with Gasteiger partial charge >= 0.3 is 0 Å². The van der Waals surface area contributed by atoms with Crippen LogP contribution in [0.3, 0.4) is 0 Å². The number of ether oxygens (including phenoxy) is 1. The van der Waals surface area contributed by atoms with Crippen molar-refractivity contribution in [3.63, 3.8) is 0 Å². The summed E-state index contributed by atoms with van der Waals surface area (Å²) in [6, 6.07) is -0.154. The Balaban J connectivity index is 1.36. The van der Waals surface area contributed by atoms with Crippen molar-refractivity contribution >= 4 is 11.7 Å². The Bertz CT molecular complexity index is 968. The number of hydrogen-bond donors (Lipinski definition) is 2. The van der Waals surface area contributed by atoms with Gasteiger partial charge in [-0.1, -0.05) is 5.16 Å². The molecule has 0 bridgehead atoms. The van der Waals surface area contributed by atoms with Crippen molar-refractivity contribution in [1.82, 2.24) is 25.2 Å². The van der Waals surface area contributed by atoms with Crippen molar-refractivity contribution in [3.8, 4) is 0 Å². The van der Waals surface area contributed by atoms with Crippen LogP contribution in [0.5, 0.6) is 0 Å².